The van der Waals surface area contributed by atoms with Gasteiger partial charge in [0, 0.05) is 12.6 Å². The van der Waals surface area contributed by atoms with Gasteiger partial charge in [-0.2, -0.15) is 0 Å². The highest BCUT2D eigenvalue weighted by Crippen LogP contribution is 2.24. The number of benzene rings is 2. The van der Waals surface area contributed by atoms with Gasteiger partial charge in [-0.15, -0.1) is 0 Å². The second-order valence-electron chi connectivity index (χ2n) is 5.70. The quantitative estimate of drug-likeness (QED) is 0.465. The fourth-order valence-electron chi connectivity index (χ4n) is 2.40. The van der Waals surface area contributed by atoms with E-state index in [0.717, 1.165) is 12.2 Å². The molecular formula is C18H24N2O3. The van der Waals surface area contributed by atoms with Crippen molar-refractivity contribution in [3.8, 4) is 11.5 Å². The lowest BCUT2D eigenvalue weighted by atomic mass is 10.1. The zero-order valence-electron chi connectivity index (χ0n) is 13.5. The van der Waals surface area contributed by atoms with Gasteiger partial charge in [-0.25, -0.2) is 0 Å². The summed E-state index contributed by atoms with van der Waals surface area (Å²) >= 11 is 0. The first-order chi connectivity index (χ1) is 11.0. The van der Waals surface area contributed by atoms with E-state index in [-0.39, 0.29) is 17.5 Å². The van der Waals surface area contributed by atoms with Crippen molar-refractivity contribution >= 4 is 5.69 Å². The zero-order chi connectivity index (χ0) is 16.8. The molecule has 0 spiro atoms. The van der Waals surface area contributed by atoms with Crippen molar-refractivity contribution in [3.63, 3.8) is 0 Å². The predicted octanol–water partition coefficient (Wildman–Crippen LogP) is 2.24. The van der Waals surface area contributed by atoms with Crippen molar-refractivity contribution in [2.45, 2.75) is 25.5 Å². The number of phenolic OH excluding ortho intramolecular Hbond substituents is 1. The van der Waals surface area contributed by atoms with Crippen LogP contribution in [0.5, 0.6) is 11.5 Å². The summed E-state index contributed by atoms with van der Waals surface area (Å²) in [6.07, 6.45) is 0.185. The first-order valence-corrected chi connectivity index (χ1v) is 7.62. The number of phenols is 1. The molecule has 0 aliphatic rings. The summed E-state index contributed by atoms with van der Waals surface area (Å²) in [5.74, 6) is 0.872. The molecule has 0 bridgehead atoms. The molecule has 23 heavy (non-hydrogen) atoms. The first kappa shape index (κ1) is 17.1. The van der Waals surface area contributed by atoms with Crippen LogP contribution in [-0.4, -0.2) is 29.9 Å². The SMILES string of the molecule is COc1ccc(CC(C)NCC(O)c2ccc(O)c(N)c2)cc1. The topological polar surface area (TPSA) is 87.7 Å². The van der Waals surface area contributed by atoms with Crippen LogP contribution in [0.3, 0.4) is 0 Å². The van der Waals surface area contributed by atoms with E-state index in [9.17, 15) is 10.2 Å². The fraction of sp³-hybridized carbons (Fsp3) is 0.333. The Kier molecular flexibility index (Phi) is 5.84. The second-order valence-corrected chi connectivity index (χ2v) is 5.70. The molecule has 0 saturated carbocycles. The van der Waals surface area contributed by atoms with Crippen molar-refractivity contribution in [1.29, 1.82) is 0 Å². The number of rotatable bonds is 7. The molecule has 5 nitrogen and oxygen atoms in total. The number of aliphatic hydroxyl groups is 1. The Labute approximate surface area is 136 Å². The molecule has 2 rings (SSSR count). The lowest BCUT2D eigenvalue weighted by molar-refractivity contribution is 0.170. The Balaban J connectivity index is 1.85. The molecule has 0 heterocycles. The molecule has 0 aromatic heterocycles. The van der Waals surface area contributed by atoms with E-state index in [1.165, 1.54) is 11.6 Å². The number of anilines is 1. The third-order valence-corrected chi connectivity index (χ3v) is 3.80. The molecule has 5 heteroatoms. The predicted molar refractivity (Wildman–Crippen MR) is 91.6 cm³/mol. The monoisotopic (exact) mass is 316 g/mol. The summed E-state index contributed by atoms with van der Waals surface area (Å²) in [7, 11) is 1.65. The number of ether oxygens (including phenoxy) is 1. The highest BCUT2D eigenvalue weighted by Gasteiger charge is 2.11. The fourth-order valence-corrected chi connectivity index (χ4v) is 2.40. The van der Waals surface area contributed by atoms with Crippen molar-refractivity contribution in [1.82, 2.24) is 5.32 Å². The van der Waals surface area contributed by atoms with Crippen molar-refractivity contribution < 1.29 is 14.9 Å². The Morgan fingerprint density at radius 1 is 1.17 bits per heavy atom. The first-order valence-electron chi connectivity index (χ1n) is 7.62. The van der Waals surface area contributed by atoms with E-state index >= 15 is 0 Å². The molecule has 2 atom stereocenters. The molecule has 0 radical (unpaired) electrons. The molecule has 5 N–H and O–H groups in total. The number of hydrogen-bond acceptors (Lipinski definition) is 5. The van der Waals surface area contributed by atoms with E-state index < -0.39 is 6.10 Å². The van der Waals surface area contributed by atoms with E-state index in [4.69, 9.17) is 10.5 Å². The van der Waals surface area contributed by atoms with Gasteiger partial charge in [0.2, 0.25) is 0 Å². The number of aromatic hydroxyl groups is 1. The molecule has 2 aromatic rings. The van der Waals surface area contributed by atoms with Crippen molar-refractivity contribution in [2.24, 2.45) is 0 Å². The van der Waals surface area contributed by atoms with Gasteiger partial charge in [0.05, 0.1) is 18.9 Å². The van der Waals surface area contributed by atoms with Gasteiger partial charge >= 0.3 is 0 Å². The number of nitrogen functional groups attached to an aromatic ring is 1. The molecule has 0 aliphatic carbocycles. The molecule has 2 aromatic carbocycles. The normalized spacial score (nSPS) is 13.5. The third kappa shape index (κ3) is 4.87. The van der Waals surface area contributed by atoms with E-state index in [2.05, 4.69) is 12.2 Å². The lowest BCUT2D eigenvalue weighted by Crippen LogP contribution is -2.32. The van der Waals surface area contributed by atoms with Gasteiger partial charge in [-0.3, -0.25) is 0 Å². The number of methoxy groups -OCH3 is 1. The van der Waals surface area contributed by atoms with Crippen LogP contribution >= 0.6 is 0 Å². The largest absolute Gasteiger partial charge is 0.506 e. The summed E-state index contributed by atoms with van der Waals surface area (Å²) in [5.41, 5.74) is 7.81. The molecule has 2 unspecified atom stereocenters. The maximum atomic E-state index is 10.2. The molecule has 124 valence electrons. The van der Waals surface area contributed by atoms with Gasteiger partial charge in [0.1, 0.15) is 11.5 Å². The summed E-state index contributed by atoms with van der Waals surface area (Å²) < 4.78 is 5.14. The Bertz CT molecular complexity index is 629. The Hall–Kier alpha value is -2.24. The Morgan fingerprint density at radius 2 is 1.87 bits per heavy atom. The van der Waals surface area contributed by atoms with E-state index in [0.29, 0.717) is 12.1 Å². The summed E-state index contributed by atoms with van der Waals surface area (Å²) in [5, 5.41) is 22.9. The average Bonchev–Trinajstić information content (AvgIpc) is 2.56. The lowest BCUT2D eigenvalue weighted by Gasteiger charge is -2.18. The number of nitrogens with one attached hydrogen (secondary N) is 1. The minimum atomic E-state index is -0.670. The minimum Gasteiger partial charge on any atom is -0.506 e. The maximum Gasteiger partial charge on any atom is 0.138 e. The van der Waals surface area contributed by atoms with Crippen LogP contribution in [-0.2, 0) is 6.42 Å². The number of nitrogens with two attached hydrogens (primary N) is 1. The molecule has 0 aliphatic heterocycles. The molecular weight excluding hydrogens is 292 g/mol. The van der Waals surface area contributed by atoms with Crippen LogP contribution in [0, 0.1) is 0 Å². The summed E-state index contributed by atoms with van der Waals surface area (Å²) in [4.78, 5) is 0. The van der Waals surface area contributed by atoms with Crippen LogP contribution in [0.2, 0.25) is 0 Å². The third-order valence-electron chi connectivity index (χ3n) is 3.80. The summed E-state index contributed by atoms with van der Waals surface area (Å²) in [6.45, 7) is 2.49. The van der Waals surface area contributed by atoms with Crippen LogP contribution in [0.4, 0.5) is 5.69 Å². The zero-order valence-corrected chi connectivity index (χ0v) is 13.5. The minimum absolute atomic E-state index is 0.0294. The average molecular weight is 316 g/mol. The van der Waals surface area contributed by atoms with E-state index in [1.54, 1.807) is 19.2 Å². The van der Waals surface area contributed by atoms with Gasteiger partial charge in [0.15, 0.2) is 0 Å². The van der Waals surface area contributed by atoms with Crippen molar-refractivity contribution in [3.05, 3.63) is 53.6 Å². The maximum absolute atomic E-state index is 10.2. The van der Waals surface area contributed by atoms with Gasteiger partial charge in [-0.05, 0) is 48.7 Å². The highest BCUT2D eigenvalue weighted by atomic mass is 16.5. The van der Waals surface area contributed by atoms with E-state index in [1.807, 2.05) is 24.3 Å². The smallest absolute Gasteiger partial charge is 0.138 e. The number of hydrogen-bond donors (Lipinski definition) is 4. The van der Waals surface area contributed by atoms with Gasteiger partial charge < -0.3 is 26.0 Å². The van der Waals surface area contributed by atoms with Crippen molar-refractivity contribution in [2.75, 3.05) is 19.4 Å². The molecule has 0 amide bonds. The van der Waals surface area contributed by atoms with Gasteiger partial charge in [0.25, 0.3) is 0 Å². The number of aliphatic hydroxyl groups excluding tert-OH is 1. The van der Waals surface area contributed by atoms with Crippen LogP contribution in [0.25, 0.3) is 0 Å². The summed E-state index contributed by atoms with van der Waals surface area (Å²) in [6, 6.07) is 12.9. The standard InChI is InChI=1S/C18H24N2O3/c1-12(9-13-3-6-15(23-2)7-4-13)20-11-18(22)14-5-8-17(21)16(19)10-14/h3-8,10,12,18,20-22H,9,11,19H2,1-2H3. The molecule has 0 saturated heterocycles. The van der Waals surface area contributed by atoms with Crippen LogP contribution in [0.1, 0.15) is 24.2 Å². The molecule has 0 fully saturated rings. The second kappa shape index (κ2) is 7.85. The van der Waals surface area contributed by atoms with Crippen LogP contribution < -0.4 is 15.8 Å². The highest BCUT2D eigenvalue weighted by molar-refractivity contribution is 5.53. The van der Waals surface area contributed by atoms with Gasteiger partial charge in [-0.1, -0.05) is 18.2 Å². The Morgan fingerprint density at radius 3 is 2.48 bits per heavy atom. The van der Waals surface area contributed by atoms with Crippen LogP contribution in [0.15, 0.2) is 42.5 Å².